The third-order valence-electron chi connectivity index (χ3n) is 1.94. The number of ketones is 1. The second-order valence-corrected chi connectivity index (χ2v) is 3.50. The molecule has 1 aromatic carbocycles. The Morgan fingerprint density at radius 3 is 2.73 bits per heavy atom. The SMILES string of the molecule is CCCC(=O)c1ccc(Cl)c([N+](=O)[O-])c1. The van der Waals surface area contributed by atoms with Crippen LogP contribution in [0.25, 0.3) is 0 Å². The molecule has 0 unspecified atom stereocenters. The van der Waals surface area contributed by atoms with Crippen molar-refractivity contribution >= 4 is 23.1 Å². The molecule has 0 aromatic heterocycles. The van der Waals surface area contributed by atoms with Crippen LogP contribution in [-0.2, 0) is 0 Å². The van der Waals surface area contributed by atoms with Crippen molar-refractivity contribution in [2.45, 2.75) is 19.8 Å². The summed E-state index contributed by atoms with van der Waals surface area (Å²) in [6.07, 6.45) is 1.11. The van der Waals surface area contributed by atoms with Gasteiger partial charge < -0.3 is 0 Å². The van der Waals surface area contributed by atoms with Crippen LogP contribution in [0.4, 0.5) is 5.69 Å². The number of benzene rings is 1. The lowest BCUT2D eigenvalue weighted by atomic mass is 10.1. The number of nitrogens with zero attached hydrogens (tertiary/aromatic N) is 1. The van der Waals surface area contributed by atoms with Crippen molar-refractivity contribution in [2.24, 2.45) is 0 Å². The smallest absolute Gasteiger partial charge is 0.288 e. The normalized spacial score (nSPS) is 10.0. The minimum absolute atomic E-state index is 0.0491. The molecule has 0 amide bonds. The molecule has 0 radical (unpaired) electrons. The fraction of sp³-hybridized carbons (Fsp3) is 0.300. The molecule has 1 rings (SSSR count). The van der Waals surface area contributed by atoms with E-state index in [2.05, 4.69) is 0 Å². The Bertz CT molecular complexity index is 404. The number of rotatable bonds is 4. The molecule has 4 nitrogen and oxygen atoms in total. The van der Waals surface area contributed by atoms with E-state index in [1.807, 2.05) is 6.92 Å². The molecule has 0 fully saturated rings. The maximum atomic E-state index is 11.5. The van der Waals surface area contributed by atoms with E-state index in [1.165, 1.54) is 18.2 Å². The molecule has 0 bridgehead atoms. The van der Waals surface area contributed by atoms with E-state index in [9.17, 15) is 14.9 Å². The first-order valence-electron chi connectivity index (χ1n) is 4.53. The van der Waals surface area contributed by atoms with Gasteiger partial charge in [0.05, 0.1) is 4.92 Å². The van der Waals surface area contributed by atoms with Gasteiger partial charge in [-0.2, -0.15) is 0 Å². The maximum absolute atomic E-state index is 11.5. The first kappa shape index (κ1) is 11.7. The molecule has 0 heterocycles. The summed E-state index contributed by atoms with van der Waals surface area (Å²) in [5.41, 5.74) is 0.117. The molecular formula is C10H10ClNO3. The molecule has 0 aliphatic carbocycles. The zero-order chi connectivity index (χ0) is 11.4. The highest BCUT2D eigenvalue weighted by atomic mass is 35.5. The maximum Gasteiger partial charge on any atom is 0.288 e. The van der Waals surface area contributed by atoms with Crippen molar-refractivity contribution < 1.29 is 9.72 Å². The number of hydrogen-bond donors (Lipinski definition) is 0. The molecule has 0 saturated heterocycles. The highest BCUT2D eigenvalue weighted by Crippen LogP contribution is 2.25. The standard InChI is InChI=1S/C10H10ClNO3/c1-2-3-10(13)7-4-5-8(11)9(6-7)12(14)15/h4-6H,2-3H2,1H3. The predicted molar refractivity (Wildman–Crippen MR) is 57.3 cm³/mol. The van der Waals surface area contributed by atoms with Gasteiger partial charge in [0.25, 0.3) is 5.69 Å². The zero-order valence-corrected chi connectivity index (χ0v) is 8.95. The zero-order valence-electron chi connectivity index (χ0n) is 8.20. The average molecular weight is 228 g/mol. The fourth-order valence-corrected chi connectivity index (χ4v) is 1.38. The lowest BCUT2D eigenvalue weighted by Crippen LogP contribution is -1.99. The Hall–Kier alpha value is -1.42. The number of carbonyl (C=O) groups excluding carboxylic acids is 1. The molecule has 80 valence electrons. The number of nitro groups is 1. The Morgan fingerprint density at radius 2 is 2.20 bits per heavy atom. The monoisotopic (exact) mass is 227 g/mol. The van der Waals surface area contributed by atoms with Crippen LogP contribution in [0.5, 0.6) is 0 Å². The van der Waals surface area contributed by atoms with E-state index in [0.29, 0.717) is 12.0 Å². The second kappa shape index (κ2) is 4.89. The summed E-state index contributed by atoms with van der Waals surface area (Å²) >= 11 is 5.62. The van der Waals surface area contributed by atoms with Crippen LogP contribution in [0.15, 0.2) is 18.2 Å². The third-order valence-corrected chi connectivity index (χ3v) is 2.26. The van der Waals surface area contributed by atoms with Crippen molar-refractivity contribution in [3.63, 3.8) is 0 Å². The summed E-state index contributed by atoms with van der Waals surface area (Å²) in [6, 6.07) is 4.11. The van der Waals surface area contributed by atoms with Gasteiger partial charge in [-0.3, -0.25) is 14.9 Å². The summed E-state index contributed by atoms with van der Waals surface area (Å²) in [4.78, 5) is 21.4. The van der Waals surface area contributed by atoms with Gasteiger partial charge in [0.15, 0.2) is 5.78 Å². The van der Waals surface area contributed by atoms with Gasteiger partial charge in [-0.1, -0.05) is 18.5 Å². The van der Waals surface area contributed by atoms with Crippen molar-refractivity contribution in [2.75, 3.05) is 0 Å². The lowest BCUT2D eigenvalue weighted by molar-refractivity contribution is -0.384. The Labute approximate surface area is 92.0 Å². The van der Waals surface area contributed by atoms with Crippen LogP contribution < -0.4 is 0 Å². The van der Waals surface area contributed by atoms with Crippen LogP contribution in [0.2, 0.25) is 5.02 Å². The predicted octanol–water partition coefficient (Wildman–Crippen LogP) is 3.23. The summed E-state index contributed by atoms with van der Waals surface area (Å²) in [7, 11) is 0. The third kappa shape index (κ3) is 2.76. The highest BCUT2D eigenvalue weighted by Gasteiger charge is 2.15. The molecule has 0 aliphatic heterocycles. The highest BCUT2D eigenvalue weighted by molar-refractivity contribution is 6.32. The molecular weight excluding hydrogens is 218 g/mol. The van der Waals surface area contributed by atoms with E-state index in [4.69, 9.17) is 11.6 Å². The van der Waals surface area contributed by atoms with E-state index in [1.54, 1.807) is 0 Å². The fourth-order valence-electron chi connectivity index (χ4n) is 1.20. The Balaban J connectivity index is 3.07. The van der Waals surface area contributed by atoms with Gasteiger partial charge in [0.1, 0.15) is 5.02 Å². The number of Topliss-reactive ketones (excluding diaryl/α,β-unsaturated/α-hetero) is 1. The number of hydrogen-bond acceptors (Lipinski definition) is 3. The van der Waals surface area contributed by atoms with Gasteiger partial charge in [0, 0.05) is 18.1 Å². The minimum Gasteiger partial charge on any atom is -0.294 e. The van der Waals surface area contributed by atoms with Gasteiger partial charge >= 0.3 is 0 Å². The molecule has 5 heteroatoms. The van der Waals surface area contributed by atoms with Gasteiger partial charge in [-0.15, -0.1) is 0 Å². The van der Waals surface area contributed by atoms with Crippen LogP contribution >= 0.6 is 11.6 Å². The minimum atomic E-state index is -0.592. The quantitative estimate of drug-likeness (QED) is 0.451. The van der Waals surface area contributed by atoms with E-state index in [0.717, 1.165) is 6.42 Å². The van der Waals surface area contributed by atoms with E-state index in [-0.39, 0.29) is 16.5 Å². The molecule has 0 spiro atoms. The van der Waals surface area contributed by atoms with Crippen molar-refractivity contribution in [3.05, 3.63) is 38.9 Å². The summed E-state index contributed by atoms with van der Waals surface area (Å²) in [5, 5.41) is 10.6. The van der Waals surface area contributed by atoms with Crippen LogP contribution in [-0.4, -0.2) is 10.7 Å². The van der Waals surface area contributed by atoms with Gasteiger partial charge in [-0.05, 0) is 18.6 Å². The number of carbonyl (C=O) groups is 1. The summed E-state index contributed by atoms with van der Waals surface area (Å²) in [6.45, 7) is 1.88. The molecule has 15 heavy (non-hydrogen) atoms. The lowest BCUT2D eigenvalue weighted by Gasteiger charge is -2.00. The Kier molecular flexibility index (Phi) is 3.80. The summed E-state index contributed by atoms with van der Waals surface area (Å²) < 4.78 is 0. The molecule has 0 N–H and O–H groups in total. The molecule has 0 aliphatic rings. The van der Waals surface area contributed by atoms with Crippen LogP contribution in [0, 0.1) is 10.1 Å². The van der Waals surface area contributed by atoms with Gasteiger partial charge in [0.2, 0.25) is 0 Å². The number of halogens is 1. The largest absolute Gasteiger partial charge is 0.294 e. The van der Waals surface area contributed by atoms with E-state index >= 15 is 0 Å². The molecule has 0 atom stereocenters. The average Bonchev–Trinajstić information content (AvgIpc) is 2.18. The van der Waals surface area contributed by atoms with Crippen LogP contribution in [0.1, 0.15) is 30.1 Å². The summed E-state index contributed by atoms with van der Waals surface area (Å²) in [5.74, 6) is -0.0998. The van der Waals surface area contributed by atoms with Crippen molar-refractivity contribution in [3.8, 4) is 0 Å². The number of nitro benzene ring substituents is 1. The first-order chi connectivity index (χ1) is 7.06. The van der Waals surface area contributed by atoms with E-state index < -0.39 is 4.92 Å². The topological polar surface area (TPSA) is 60.2 Å². The molecule has 1 aromatic rings. The first-order valence-corrected chi connectivity index (χ1v) is 4.91. The van der Waals surface area contributed by atoms with Gasteiger partial charge in [-0.25, -0.2) is 0 Å². The van der Waals surface area contributed by atoms with Crippen molar-refractivity contribution in [1.29, 1.82) is 0 Å². The van der Waals surface area contributed by atoms with Crippen LogP contribution in [0.3, 0.4) is 0 Å². The Morgan fingerprint density at radius 1 is 1.53 bits per heavy atom. The second-order valence-electron chi connectivity index (χ2n) is 3.10. The van der Waals surface area contributed by atoms with Crippen molar-refractivity contribution in [1.82, 2.24) is 0 Å². The molecule has 0 saturated carbocycles.